The number of hydrogen-bond acceptors (Lipinski definition) is 2. The lowest BCUT2D eigenvalue weighted by atomic mass is 10.00. The van der Waals surface area contributed by atoms with Gasteiger partial charge in [0.2, 0.25) is 7.29 Å². The summed E-state index contributed by atoms with van der Waals surface area (Å²) in [6.45, 7) is 1.89. The van der Waals surface area contributed by atoms with E-state index in [2.05, 4.69) is 5.09 Å². The number of hydrogen-bond donors (Lipinski definition) is 1. The van der Waals surface area contributed by atoms with E-state index in [0.29, 0.717) is 12.8 Å². The maximum atomic E-state index is 14.4. The predicted molar refractivity (Wildman–Crippen MR) is 126 cm³/mol. The van der Waals surface area contributed by atoms with E-state index in [1.165, 1.54) is 0 Å². The fraction of sp³-hybridized carbons (Fsp3) is 0.240. The molecule has 156 valence electrons. The first kappa shape index (κ1) is 22.5. The lowest BCUT2D eigenvalue weighted by Crippen LogP contribution is -2.31. The van der Waals surface area contributed by atoms with Crippen molar-refractivity contribution in [1.82, 2.24) is 5.09 Å². The van der Waals surface area contributed by atoms with E-state index in [1.54, 1.807) is 0 Å². The second-order valence-electron chi connectivity index (χ2n) is 7.43. The van der Waals surface area contributed by atoms with Gasteiger partial charge in [-0.2, -0.15) is 0 Å². The Kier molecular flexibility index (Phi) is 8.04. The summed E-state index contributed by atoms with van der Waals surface area (Å²) in [5.41, 5.74) is 0.942. The second-order valence-corrected chi connectivity index (χ2v) is 10.7. The number of benzene rings is 3. The van der Waals surface area contributed by atoms with Crippen LogP contribution in [0.25, 0.3) is 0 Å². The van der Waals surface area contributed by atoms with E-state index >= 15 is 0 Å². The predicted octanol–water partition coefficient (Wildman–Crippen LogP) is 5.61. The van der Waals surface area contributed by atoms with Crippen LogP contribution >= 0.6 is 18.9 Å². The van der Waals surface area contributed by atoms with Gasteiger partial charge in [0.15, 0.2) is 0 Å². The minimum absolute atomic E-state index is 0.0446. The van der Waals surface area contributed by atoms with Gasteiger partial charge in [0, 0.05) is 34.9 Å². The molecule has 0 saturated carbocycles. The van der Waals surface area contributed by atoms with Gasteiger partial charge in [-0.1, -0.05) is 66.7 Å². The third-order valence-corrected chi connectivity index (χ3v) is 7.98. The molecule has 2 atom stereocenters. The molecule has 0 bridgehead atoms. The molecule has 0 amide bonds. The normalized spacial score (nSPS) is 13.5. The Labute approximate surface area is 183 Å². The van der Waals surface area contributed by atoms with Crippen LogP contribution < -0.4 is 15.7 Å². The third-order valence-electron chi connectivity index (χ3n) is 5.03. The number of carbonyl (C=O) groups excluding carboxylic acids is 1. The van der Waals surface area contributed by atoms with Gasteiger partial charge in [-0.3, -0.25) is 14.4 Å². The zero-order chi connectivity index (χ0) is 21.4. The van der Waals surface area contributed by atoms with Crippen LogP contribution in [0.1, 0.15) is 37.8 Å². The fourth-order valence-corrected chi connectivity index (χ4v) is 5.98. The van der Waals surface area contributed by atoms with Crippen LogP contribution in [-0.2, 0) is 9.36 Å². The van der Waals surface area contributed by atoms with Crippen molar-refractivity contribution in [2.45, 2.75) is 37.6 Å². The summed E-state index contributed by atoms with van der Waals surface area (Å²) in [6, 6.07) is 28.2. The highest BCUT2D eigenvalue weighted by molar-refractivity contribution is 7.76. The van der Waals surface area contributed by atoms with Gasteiger partial charge in [0.1, 0.15) is 5.78 Å². The number of alkyl halides is 1. The molecular formula is C25H27ClNO2P. The number of rotatable bonds is 10. The van der Waals surface area contributed by atoms with Gasteiger partial charge < -0.3 is 0 Å². The van der Waals surface area contributed by atoms with Crippen LogP contribution in [0.4, 0.5) is 0 Å². The molecule has 3 rings (SSSR count). The molecule has 2 unspecified atom stereocenters. The Bertz CT molecular complexity index is 934. The van der Waals surface area contributed by atoms with E-state index in [0.717, 1.165) is 16.2 Å². The summed E-state index contributed by atoms with van der Waals surface area (Å²) in [5, 5.41) is 4.80. The quantitative estimate of drug-likeness (QED) is 0.330. The van der Waals surface area contributed by atoms with Crippen molar-refractivity contribution in [3.8, 4) is 0 Å². The molecule has 0 heterocycles. The Morgan fingerprint density at radius 1 is 0.867 bits per heavy atom. The largest absolute Gasteiger partial charge is 0.300 e. The first-order chi connectivity index (χ1) is 14.5. The third kappa shape index (κ3) is 5.92. The molecule has 0 aromatic heterocycles. The molecule has 3 aromatic rings. The zero-order valence-electron chi connectivity index (χ0n) is 17.1. The van der Waals surface area contributed by atoms with Gasteiger partial charge in [-0.25, -0.2) is 0 Å². The standard InChI is InChI=1S/C25H27ClNO2P/c1-20(26)17-18-22(28)19-25(21-11-5-2-6-12-21)27-30(29,23-13-7-3-8-14-23)24-15-9-4-10-16-24/h2-16,20,25H,17-19H2,1H3,(H,27,29). The van der Waals surface area contributed by atoms with Gasteiger partial charge in [-0.15, -0.1) is 11.6 Å². The number of halogens is 1. The van der Waals surface area contributed by atoms with Crippen LogP contribution in [0.5, 0.6) is 0 Å². The van der Waals surface area contributed by atoms with Gasteiger partial charge >= 0.3 is 0 Å². The number of Topliss-reactive ketones (excluding diaryl/α,β-unsaturated/α-hetero) is 1. The molecule has 0 radical (unpaired) electrons. The summed E-state index contributed by atoms with van der Waals surface area (Å²) in [7, 11) is -3.17. The summed E-state index contributed by atoms with van der Waals surface area (Å²) >= 11 is 6.03. The Hall–Kier alpha value is -2.19. The molecule has 5 heteroatoms. The molecule has 1 N–H and O–H groups in total. The highest BCUT2D eigenvalue weighted by atomic mass is 35.5. The molecular weight excluding hydrogens is 413 g/mol. The minimum Gasteiger partial charge on any atom is -0.300 e. The van der Waals surface area contributed by atoms with Crippen LogP contribution in [0, 0.1) is 0 Å². The zero-order valence-corrected chi connectivity index (χ0v) is 18.7. The average molecular weight is 440 g/mol. The molecule has 0 fully saturated rings. The molecule has 0 aliphatic heterocycles. The van der Waals surface area contributed by atoms with Crippen molar-refractivity contribution in [2.75, 3.05) is 0 Å². The highest BCUT2D eigenvalue weighted by Crippen LogP contribution is 2.42. The molecule has 0 aliphatic carbocycles. The van der Waals surface area contributed by atoms with Crippen molar-refractivity contribution in [3.63, 3.8) is 0 Å². The SMILES string of the molecule is CC(Cl)CCC(=O)CC(NP(=O)(c1ccccc1)c1ccccc1)c1ccccc1. The molecule has 0 aliphatic rings. The van der Waals surface area contributed by atoms with Gasteiger partial charge in [-0.05, 0) is 43.2 Å². The monoisotopic (exact) mass is 439 g/mol. The summed E-state index contributed by atoms with van der Waals surface area (Å²) in [4.78, 5) is 12.7. The lowest BCUT2D eigenvalue weighted by molar-refractivity contribution is -0.119. The van der Waals surface area contributed by atoms with E-state index in [1.807, 2.05) is 97.9 Å². The van der Waals surface area contributed by atoms with E-state index in [-0.39, 0.29) is 23.6 Å². The first-order valence-corrected chi connectivity index (χ1v) is 12.3. The smallest absolute Gasteiger partial charge is 0.205 e. The second kappa shape index (κ2) is 10.7. The summed E-state index contributed by atoms with van der Waals surface area (Å²) in [5.74, 6) is 0.108. The van der Waals surface area contributed by atoms with Crippen LogP contribution in [-0.4, -0.2) is 11.2 Å². The lowest BCUT2D eigenvalue weighted by Gasteiger charge is -2.27. The Morgan fingerprint density at radius 2 is 1.33 bits per heavy atom. The molecule has 0 spiro atoms. The maximum Gasteiger partial charge on any atom is 0.205 e. The molecule has 3 aromatic carbocycles. The van der Waals surface area contributed by atoms with Crippen LogP contribution in [0.15, 0.2) is 91.0 Å². The highest BCUT2D eigenvalue weighted by Gasteiger charge is 2.31. The first-order valence-electron chi connectivity index (χ1n) is 10.2. The van der Waals surface area contributed by atoms with Gasteiger partial charge in [0.05, 0.1) is 0 Å². The molecule has 0 saturated heterocycles. The van der Waals surface area contributed by atoms with E-state index in [9.17, 15) is 9.36 Å². The Morgan fingerprint density at radius 3 is 1.80 bits per heavy atom. The topological polar surface area (TPSA) is 46.2 Å². The van der Waals surface area contributed by atoms with Gasteiger partial charge in [0.25, 0.3) is 0 Å². The molecule has 3 nitrogen and oxygen atoms in total. The minimum atomic E-state index is -3.17. The number of ketones is 1. The van der Waals surface area contributed by atoms with E-state index < -0.39 is 7.29 Å². The van der Waals surface area contributed by atoms with Crippen molar-refractivity contribution in [2.24, 2.45) is 0 Å². The summed E-state index contributed by atoms with van der Waals surface area (Å²) in [6.07, 6.45) is 1.31. The van der Waals surface area contributed by atoms with Crippen molar-refractivity contribution >= 4 is 35.3 Å². The fourth-order valence-electron chi connectivity index (χ4n) is 3.41. The number of nitrogens with one attached hydrogen (secondary N) is 1. The number of carbonyl (C=O) groups is 1. The van der Waals surface area contributed by atoms with Crippen molar-refractivity contribution in [3.05, 3.63) is 96.6 Å². The summed E-state index contributed by atoms with van der Waals surface area (Å²) < 4.78 is 14.4. The van der Waals surface area contributed by atoms with Crippen LogP contribution in [0.2, 0.25) is 0 Å². The molecule has 30 heavy (non-hydrogen) atoms. The average Bonchev–Trinajstić information content (AvgIpc) is 2.79. The van der Waals surface area contributed by atoms with Crippen LogP contribution in [0.3, 0.4) is 0 Å². The Balaban J connectivity index is 1.97. The van der Waals surface area contributed by atoms with Crippen molar-refractivity contribution < 1.29 is 9.36 Å². The van der Waals surface area contributed by atoms with Crippen molar-refractivity contribution in [1.29, 1.82) is 0 Å². The van der Waals surface area contributed by atoms with E-state index in [4.69, 9.17) is 11.6 Å². The maximum absolute atomic E-state index is 14.4.